The van der Waals surface area contributed by atoms with E-state index in [9.17, 15) is 4.79 Å². The van der Waals surface area contributed by atoms with Gasteiger partial charge in [-0.2, -0.15) is 0 Å². The molecule has 0 radical (unpaired) electrons. The highest BCUT2D eigenvalue weighted by molar-refractivity contribution is 5.89. The molecule has 4 nitrogen and oxygen atoms in total. The summed E-state index contributed by atoms with van der Waals surface area (Å²) in [7, 11) is 0. The van der Waals surface area contributed by atoms with E-state index in [-0.39, 0.29) is 17.4 Å². The van der Waals surface area contributed by atoms with E-state index in [0.29, 0.717) is 19.1 Å². The van der Waals surface area contributed by atoms with Gasteiger partial charge in [-0.15, -0.1) is 0 Å². The van der Waals surface area contributed by atoms with Crippen molar-refractivity contribution >= 4 is 5.91 Å². The van der Waals surface area contributed by atoms with Crippen LogP contribution in [0.4, 0.5) is 0 Å². The first-order chi connectivity index (χ1) is 7.91. The van der Waals surface area contributed by atoms with Gasteiger partial charge in [0.05, 0.1) is 6.10 Å². The third-order valence-corrected chi connectivity index (χ3v) is 4.68. The number of nitrogens with two attached hydrogens (primary N) is 1. The molecule has 0 spiro atoms. The third-order valence-electron chi connectivity index (χ3n) is 4.68. The summed E-state index contributed by atoms with van der Waals surface area (Å²) >= 11 is 0. The smallest absolute Gasteiger partial charge is 0.241 e. The van der Waals surface area contributed by atoms with Gasteiger partial charge in [0.15, 0.2) is 0 Å². The normalized spacial score (nSPS) is 35.9. The Hall–Kier alpha value is -0.610. The maximum Gasteiger partial charge on any atom is 0.241 e. The van der Waals surface area contributed by atoms with Crippen LogP contribution in [-0.4, -0.2) is 30.2 Å². The van der Waals surface area contributed by atoms with Crippen LogP contribution >= 0.6 is 0 Å². The summed E-state index contributed by atoms with van der Waals surface area (Å²) < 4.78 is 5.62. The molecule has 1 amide bonds. The zero-order valence-corrected chi connectivity index (χ0v) is 11.1. The van der Waals surface area contributed by atoms with Crippen molar-refractivity contribution in [2.45, 2.75) is 64.1 Å². The fourth-order valence-electron chi connectivity index (χ4n) is 2.69. The van der Waals surface area contributed by atoms with Gasteiger partial charge in [0, 0.05) is 24.5 Å². The van der Waals surface area contributed by atoms with Gasteiger partial charge in [-0.1, -0.05) is 13.8 Å². The van der Waals surface area contributed by atoms with Crippen molar-refractivity contribution in [1.29, 1.82) is 0 Å². The molecule has 2 unspecified atom stereocenters. The largest absolute Gasteiger partial charge is 0.378 e. The lowest BCUT2D eigenvalue weighted by Gasteiger charge is -2.58. The predicted molar refractivity (Wildman–Crippen MR) is 66.5 cm³/mol. The van der Waals surface area contributed by atoms with Crippen LogP contribution in [-0.2, 0) is 9.53 Å². The van der Waals surface area contributed by atoms with Crippen LogP contribution in [0, 0.1) is 5.41 Å². The zero-order chi connectivity index (χ0) is 12.7. The Labute approximate surface area is 103 Å². The SMILES string of the molecule is CCOC1CC(N)(C(=O)NC2CCC2)C1(C)C. The molecular weight excluding hydrogens is 216 g/mol. The Morgan fingerprint density at radius 2 is 2.12 bits per heavy atom. The van der Waals surface area contributed by atoms with Crippen molar-refractivity contribution in [2.24, 2.45) is 11.1 Å². The minimum atomic E-state index is -0.761. The average molecular weight is 240 g/mol. The molecule has 3 N–H and O–H groups in total. The summed E-state index contributed by atoms with van der Waals surface area (Å²) in [5, 5.41) is 3.06. The van der Waals surface area contributed by atoms with E-state index >= 15 is 0 Å². The molecule has 2 atom stereocenters. The molecule has 2 aliphatic rings. The number of rotatable bonds is 4. The Balaban J connectivity index is 1.97. The number of carbonyl (C=O) groups is 1. The summed E-state index contributed by atoms with van der Waals surface area (Å²) in [5.41, 5.74) is 5.24. The third kappa shape index (κ3) is 1.87. The molecule has 0 aromatic heterocycles. The lowest BCUT2D eigenvalue weighted by Crippen LogP contribution is -2.76. The van der Waals surface area contributed by atoms with Gasteiger partial charge in [-0.05, 0) is 26.2 Å². The Morgan fingerprint density at radius 1 is 1.47 bits per heavy atom. The molecule has 2 saturated carbocycles. The van der Waals surface area contributed by atoms with Gasteiger partial charge in [0.2, 0.25) is 5.91 Å². The molecule has 17 heavy (non-hydrogen) atoms. The quantitative estimate of drug-likeness (QED) is 0.775. The minimum absolute atomic E-state index is 0.00292. The van der Waals surface area contributed by atoms with Crippen molar-refractivity contribution in [1.82, 2.24) is 5.32 Å². The molecule has 2 aliphatic carbocycles. The second-order valence-corrected chi connectivity index (χ2v) is 5.94. The van der Waals surface area contributed by atoms with Crippen LogP contribution in [0.1, 0.15) is 46.5 Å². The Morgan fingerprint density at radius 3 is 2.53 bits per heavy atom. The molecule has 2 fully saturated rings. The number of carbonyl (C=O) groups excluding carboxylic acids is 1. The monoisotopic (exact) mass is 240 g/mol. The van der Waals surface area contributed by atoms with Crippen molar-refractivity contribution in [2.75, 3.05) is 6.61 Å². The molecule has 98 valence electrons. The summed E-state index contributed by atoms with van der Waals surface area (Å²) in [6.07, 6.45) is 4.14. The molecule has 0 heterocycles. The molecule has 0 aromatic rings. The second-order valence-electron chi connectivity index (χ2n) is 5.94. The number of hydrogen-bond donors (Lipinski definition) is 2. The number of nitrogens with one attached hydrogen (secondary N) is 1. The van der Waals surface area contributed by atoms with Gasteiger partial charge in [-0.25, -0.2) is 0 Å². The average Bonchev–Trinajstić information content (AvgIpc) is 2.22. The first kappa shape index (κ1) is 12.8. The Kier molecular flexibility index (Phi) is 3.21. The van der Waals surface area contributed by atoms with Crippen LogP contribution in [0.2, 0.25) is 0 Å². The molecular formula is C13H24N2O2. The highest BCUT2D eigenvalue weighted by atomic mass is 16.5. The predicted octanol–water partition coefficient (Wildman–Crippen LogP) is 1.19. The molecule has 0 aliphatic heterocycles. The minimum Gasteiger partial charge on any atom is -0.378 e. The number of hydrogen-bond acceptors (Lipinski definition) is 3. The van der Waals surface area contributed by atoms with Crippen molar-refractivity contribution in [3.63, 3.8) is 0 Å². The summed E-state index contributed by atoms with van der Waals surface area (Å²) in [4.78, 5) is 12.2. The standard InChI is InChI=1S/C13H24N2O2/c1-4-17-10-8-13(14,12(10,2)3)11(16)15-9-6-5-7-9/h9-10H,4-8,14H2,1-3H3,(H,15,16). The van der Waals surface area contributed by atoms with Crippen molar-refractivity contribution < 1.29 is 9.53 Å². The van der Waals surface area contributed by atoms with E-state index in [0.717, 1.165) is 12.8 Å². The summed E-state index contributed by atoms with van der Waals surface area (Å²) in [6, 6.07) is 0.352. The van der Waals surface area contributed by atoms with E-state index in [4.69, 9.17) is 10.5 Å². The maximum absolute atomic E-state index is 12.2. The topological polar surface area (TPSA) is 64.3 Å². The molecule has 2 rings (SSSR count). The molecule has 0 aromatic carbocycles. The van der Waals surface area contributed by atoms with Crippen LogP contribution in [0.15, 0.2) is 0 Å². The van der Waals surface area contributed by atoms with Gasteiger partial charge in [-0.3, -0.25) is 4.79 Å². The molecule has 0 bridgehead atoms. The Bertz CT molecular complexity index is 313. The van der Waals surface area contributed by atoms with Crippen molar-refractivity contribution in [3.05, 3.63) is 0 Å². The number of ether oxygens (including phenoxy) is 1. The van der Waals surface area contributed by atoms with E-state index in [1.165, 1.54) is 6.42 Å². The summed E-state index contributed by atoms with van der Waals surface area (Å²) in [5.74, 6) is 0.00292. The van der Waals surface area contributed by atoms with E-state index in [1.54, 1.807) is 0 Å². The van der Waals surface area contributed by atoms with Gasteiger partial charge in [0.1, 0.15) is 5.54 Å². The first-order valence-corrected chi connectivity index (χ1v) is 6.63. The van der Waals surface area contributed by atoms with Gasteiger partial charge in [0.25, 0.3) is 0 Å². The lowest BCUT2D eigenvalue weighted by molar-refractivity contribution is -0.171. The highest BCUT2D eigenvalue weighted by Gasteiger charge is 2.63. The highest BCUT2D eigenvalue weighted by Crippen LogP contribution is 2.50. The van der Waals surface area contributed by atoms with Crippen LogP contribution in [0.3, 0.4) is 0 Å². The maximum atomic E-state index is 12.2. The van der Waals surface area contributed by atoms with Crippen LogP contribution in [0.25, 0.3) is 0 Å². The van der Waals surface area contributed by atoms with Crippen LogP contribution in [0.5, 0.6) is 0 Å². The van der Waals surface area contributed by atoms with Gasteiger partial charge >= 0.3 is 0 Å². The zero-order valence-electron chi connectivity index (χ0n) is 11.1. The summed E-state index contributed by atoms with van der Waals surface area (Å²) in [6.45, 7) is 6.70. The fraction of sp³-hybridized carbons (Fsp3) is 0.923. The molecule has 4 heteroatoms. The first-order valence-electron chi connectivity index (χ1n) is 6.63. The number of amides is 1. The van der Waals surface area contributed by atoms with Crippen LogP contribution < -0.4 is 11.1 Å². The second kappa shape index (κ2) is 4.25. The molecule has 0 saturated heterocycles. The van der Waals surface area contributed by atoms with E-state index in [1.807, 2.05) is 20.8 Å². The van der Waals surface area contributed by atoms with E-state index in [2.05, 4.69) is 5.32 Å². The lowest BCUT2D eigenvalue weighted by atomic mass is 9.54. The van der Waals surface area contributed by atoms with E-state index < -0.39 is 5.54 Å². The van der Waals surface area contributed by atoms with Gasteiger partial charge < -0.3 is 15.8 Å². The van der Waals surface area contributed by atoms with Crippen molar-refractivity contribution in [3.8, 4) is 0 Å². The fourth-order valence-corrected chi connectivity index (χ4v) is 2.69.